The number of hydrogen-bond donors (Lipinski definition) is 1. The minimum Gasteiger partial charge on any atom is -0.338 e. The van der Waals surface area contributed by atoms with Crippen LogP contribution >= 0.6 is 0 Å². The van der Waals surface area contributed by atoms with E-state index in [-0.39, 0.29) is 6.04 Å². The Morgan fingerprint density at radius 2 is 2.62 bits per heavy atom. The molecule has 2 atom stereocenters. The normalized spacial score (nSPS) is 29.0. The Labute approximate surface area is 77.7 Å². The van der Waals surface area contributed by atoms with Gasteiger partial charge in [-0.3, -0.25) is 0 Å². The molecule has 0 bridgehead atoms. The van der Waals surface area contributed by atoms with Crippen molar-refractivity contribution in [2.24, 2.45) is 5.92 Å². The van der Waals surface area contributed by atoms with Crippen LogP contribution in [0, 0.1) is 5.92 Å². The topological polar surface area (TPSA) is 51.0 Å². The van der Waals surface area contributed by atoms with Crippen LogP contribution in [0.15, 0.2) is 10.9 Å². The molecule has 1 fully saturated rings. The van der Waals surface area contributed by atoms with Gasteiger partial charge in [0.25, 0.3) is 0 Å². The SMILES string of the molecule is CCC1CCNC(c2ncno2)C1. The quantitative estimate of drug-likeness (QED) is 0.751. The monoisotopic (exact) mass is 181 g/mol. The average molecular weight is 181 g/mol. The lowest BCUT2D eigenvalue weighted by Gasteiger charge is -2.27. The number of rotatable bonds is 2. The third-order valence-electron chi connectivity index (χ3n) is 2.77. The Morgan fingerprint density at radius 1 is 1.69 bits per heavy atom. The first kappa shape index (κ1) is 8.69. The average Bonchev–Trinajstić information content (AvgIpc) is 2.71. The van der Waals surface area contributed by atoms with Gasteiger partial charge in [0, 0.05) is 0 Å². The van der Waals surface area contributed by atoms with Gasteiger partial charge in [0.2, 0.25) is 5.89 Å². The lowest BCUT2D eigenvalue weighted by atomic mass is 9.90. The maximum absolute atomic E-state index is 5.04. The van der Waals surface area contributed by atoms with Crippen LogP contribution in [0.2, 0.25) is 0 Å². The fraction of sp³-hybridized carbons (Fsp3) is 0.778. The zero-order chi connectivity index (χ0) is 9.10. The minimum atomic E-state index is 0.279. The Morgan fingerprint density at radius 3 is 3.31 bits per heavy atom. The zero-order valence-corrected chi connectivity index (χ0v) is 7.86. The standard InChI is InChI=1S/C9H15N3O/c1-2-7-3-4-10-8(5-7)9-11-6-12-13-9/h6-8,10H,2-5H2,1H3. The van der Waals surface area contributed by atoms with Gasteiger partial charge in [0.1, 0.15) is 0 Å². The van der Waals surface area contributed by atoms with Gasteiger partial charge in [-0.15, -0.1) is 0 Å². The molecule has 0 spiro atoms. The summed E-state index contributed by atoms with van der Waals surface area (Å²) in [6.45, 7) is 3.30. The predicted molar refractivity (Wildman–Crippen MR) is 48.1 cm³/mol. The van der Waals surface area contributed by atoms with Crippen molar-refractivity contribution >= 4 is 0 Å². The van der Waals surface area contributed by atoms with Gasteiger partial charge in [0.05, 0.1) is 6.04 Å². The second-order valence-electron chi connectivity index (χ2n) is 3.58. The van der Waals surface area contributed by atoms with Gasteiger partial charge in [-0.05, 0) is 25.3 Å². The predicted octanol–water partition coefficient (Wildman–Crippen LogP) is 1.52. The molecular formula is C9H15N3O. The lowest BCUT2D eigenvalue weighted by Crippen LogP contribution is -2.31. The molecule has 1 aromatic rings. The molecule has 0 radical (unpaired) electrons. The van der Waals surface area contributed by atoms with Crippen molar-refractivity contribution in [2.75, 3.05) is 6.54 Å². The van der Waals surface area contributed by atoms with E-state index in [1.165, 1.54) is 19.2 Å². The summed E-state index contributed by atoms with van der Waals surface area (Å²) in [5, 5.41) is 7.01. The molecule has 1 saturated heterocycles. The van der Waals surface area contributed by atoms with Gasteiger partial charge in [-0.1, -0.05) is 18.5 Å². The van der Waals surface area contributed by atoms with Gasteiger partial charge < -0.3 is 9.84 Å². The van der Waals surface area contributed by atoms with Crippen molar-refractivity contribution in [3.63, 3.8) is 0 Å². The highest BCUT2D eigenvalue weighted by molar-refractivity contribution is 4.91. The summed E-state index contributed by atoms with van der Waals surface area (Å²) in [5.74, 6) is 1.54. The highest BCUT2D eigenvalue weighted by atomic mass is 16.5. The molecule has 2 rings (SSSR count). The molecule has 0 saturated carbocycles. The lowest BCUT2D eigenvalue weighted by molar-refractivity contribution is 0.246. The summed E-state index contributed by atoms with van der Waals surface area (Å²) in [6.07, 6.45) is 5.10. The van der Waals surface area contributed by atoms with E-state index >= 15 is 0 Å². The number of aromatic nitrogens is 2. The van der Waals surface area contributed by atoms with Crippen molar-refractivity contribution in [1.82, 2.24) is 15.5 Å². The van der Waals surface area contributed by atoms with Crippen LogP contribution in [0.4, 0.5) is 0 Å². The van der Waals surface area contributed by atoms with Crippen molar-refractivity contribution < 1.29 is 4.52 Å². The maximum Gasteiger partial charge on any atom is 0.243 e. The van der Waals surface area contributed by atoms with E-state index in [4.69, 9.17) is 4.52 Å². The van der Waals surface area contributed by atoms with Crippen LogP contribution < -0.4 is 5.32 Å². The van der Waals surface area contributed by atoms with Crippen LogP contribution in [-0.2, 0) is 0 Å². The molecule has 0 amide bonds. The summed E-state index contributed by atoms with van der Waals surface area (Å²) >= 11 is 0. The third kappa shape index (κ3) is 1.88. The first-order valence-corrected chi connectivity index (χ1v) is 4.90. The van der Waals surface area contributed by atoms with E-state index in [2.05, 4.69) is 22.4 Å². The zero-order valence-electron chi connectivity index (χ0n) is 7.86. The smallest absolute Gasteiger partial charge is 0.243 e. The molecule has 2 unspecified atom stereocenters. The molecule has 13 heavy (non-hydrogen) atoms. The molecule has 1 N–H and O–H groups in total. The van der Waals surface area contributed by atoms with Gasteiger partial charge in [-0.2, -0.15) is 4.98 Å². The van der Waals surface area contributed by atoms with E-state index in [1.54, 1.807) is 0 Å². The molecule has 1 aliphatic rings. The van der Waals surface area contributed by atoms with Gasteiger partial charge in [0.15, 0.2) is 6.33 Å². The number of hydrogen-bond acceptors (Lipinski definition) is 4. The molecule has 0 aromatic carbocycles. The second-order valence-corrected chi connectivity index (χ2v) is 3.58. The van der Waals surface area contributed by atoms with Crippen LogP contribution in [0.25, 0.3) is 0 Å². The van der Waals surface area contributed by atoms with Crippen molar-refractivity contribution in [2.45, 2.75) is 32.2 Å². The number of piperidine rings is 1. The Balaban J connectivity index is 2.00. The van der Waals surface area contributed by atoms with Gasteiger partial charge in [-0.25, -0.2) is 0 Å². The molecular weight excluding hydrogens is 166 g/mol. The Kier molecular flexibility index (Phi) is 2.59. The van der Waals surface area contributed by atoms with Crippen molar-refractivity contribution in [3.8, 4) is 0 Å². The van der Waals surface area contributed by atoms with Crippen LogP contribution in [0.3, 0.4) is 0 Å². The first-order valence-electron chi connectivity index (χ1n) is 4.90. The molecule has 4 heteroatoms. The van der Waals surface area contributed by atoms with E-state index in [1.807, 2.05) is 0 Å². The number of nitrogens with zero attached hydrogens (tertiary/aromatic N) is 2. The molecule has 2 heterocycles. The van der Waals surface area contributed by atoms with Gasteiger partial charge >= 0.3 is 0 Å². The molecule has 1 aliphatic heterocycles. The largest absolute Gasteiger partial charge is 0.338 e. The molecule has 72 valence electrons. The summed E-state index contributed by atoms with van der Waals surface area (Å²) in [5.41, 5.74) is 0. The summed E-state index contributed by atoms with van der Waals surface area (Å²) in [4.78, 5) is 4.07. The van der Waals surface area contributed by atoms with E-state index < -0.39 is 0 Å². The highest BCUT2D eigenvalue weighted by Gasteiger charge is 2.24. The molecule has 0 aliphatic carbocycles. The highest BCUT2D eigenvalue weighted by Crippen LogP contribution is 2.27. The fourth-order valence-corrected chi connectivity index (χ4v) is 1.89. The van der Waals surface area contributed by atoms with E-state index in [9.17, 15) is 0 Å². The Hall–Kier alpha value is -0.900. The summed E-state index contributed by atoms with van der Waals surface area (Å²) in [7, 11) is 0. The Bertz CT molecular complexity index is 247. The maximum atomic E-state index is 5.04. The van der Waals surface area contributed by atoms with Crippen LogP contribution in [-0.4, -0.2) is 16.7 Å². The third-order valence-corrected chi connectivity index (χ3v) is 2.77. The summed E-state index contributed by atoms with van der Waals surface area (Å²) in [6, 6.07) is 0.279. The molecule has 1 aromatic heterocycles. The van der Waals surface area contributed by atoms with E-state index in [0.717, 1.165) is 24.8 Å². The van der Waals surface area contributed by atoms with Crippen molar-refractivity contribution in [1.29, 1.82) is 0 Å². The van der Waals surface area contributed by atoms with Crippen molar-refractivity contribution in [3.05, 3.63) is 12.2 Å². The fourth-order valence-electron chi connectivity index (χ4n) is 1.89. The summed E-state index contributed by atoms with van der Waals surface area (Å²) < 4.78 is 5.04. The van der Waals surface area contributed by atoms with Crippen LogP contribution in [0.5, 0.6) is 0 Å². The molecule has 4 nitrogen and oxygen atoms in total. The second kappa shape index (κ2) is 3.87. The van der Waals surface area contributed by atoms with Crippen LogP contribution in [0.1, 0.15) is 38.1 Å². The number of nitrogens with one attached hydrogen (secondary N) is 1. The van der Waals surface area contributed by atoms with E-state index in [0.29, 0.717) is 0 Å². The minimum absolute atomic E-state index is 0.279. The first-order chi connectivity index (χ1) is 6.40.